The number of halogens is 1. The van der Waals surface area contributed by atoms with Gasteiger partial charge < -0.3 is 15.8 Å². The first-order valence-electron chi connectivity index (χ1n) is 9.68. The molecule has 0 fully saturated rings. The number of ether oxygens (including phenoxy) is 1. The van der Waals surface area contributed by atoms with Gasteiger partial charge in [0.05, 0.1) is 4.90 Å². The summed E-state index contributed by atoms with van der Waals surface area (Å²) in [5, 5.41) is 3.71. The Balaban J connectivity index is 1.80. The van der Waals surface area contributed by atoms with Crippen molar-refractivity contribution < 1.29 is 13.2 Å². The molecule has 0 saturated carbocycles. The topological polar surface area (TPSA) is 110 Å². The fraction of sp³-hybridized carbons (Fsp3) is 0.238. The van der Waals surface area contributed by atoms with E-state index in [-0.39, 0.29) is 16.5 Å². The molecule has 0 saturated heterocycles. The highest BCUT2D eigenvalue weighted by Gasteiger charge is 2.21. The first kappa shape index (κ1) is 22.8. The Morgan fingerprint density at radius 2 is 1.77 bits per heavy atom. The van der Waals surface area contributed by atoms with Crippen LogP contribution in [0.2, 0.25) is 5.02 Å². The second kappa shape index (κ2) is 9.51. The molecule has 0 bridgehead atoms. The molecule has 0 aliphatic carbocycles. The highest BCUT2D eigenvalue weighted by atomic mass is 35.5. The third-order valence-electron chi connectivity index (χ3n) is 4.65. The monoisotopic (exact) mass is 461 g/mol. The van der Waals surface area contributed by atoms with E-state index in [0.717, 1.165) is 5.56 Å². The number of hydrogen-bond donors (Lipinski definition) is 2. The van der Waals surface area contributed by atoms with Gasteiger partial charge in [-0.25, -0.2) is 13.4 Å². The fourth-order valence-corrected chi connectivity index (χ4v) is 4.49. The SMILES string of the molecule is CCN(CC)S(=O)(=O)c1ccc(Nc2ncnc(Oc3ccc(Cl)c(C)c3)c2N)cc1. The fourth-order valence-electron chi connectivity index (χ4n) is 2.91. The average molecular weight is 462 g/mol. The average Bonchev–Trinajstić information content (AvgIpc) is 2.75. The molecule has 0 radical (unpaired) electrons. The van der Waals surface area contributed by atoms with E-state index in [1.165, 1.54) is 10.6 Å². The van der Waals surface area contributed by atoms with Crippen molar-refractivity contribution in [3.05, 3.63) is 59.4 Å². The quantitative estimate of drug-likeness (QED) is 0.504. The number of aromatic nitrogens is 2. The van der Waals surface area contributed by atoms with Gasteiger partial charge in [-0.15, -0.1) is 0 Å². The molecule has 0 spiro atoms. The number of nitrogen functional groups attached to an aromatic ring is 1. The van der Waals surface area contributed by atoms with E-state index in [2.05, 4.69) is 15.3 Å². The first-order valence-corrected chi connectivity index (χ1v) is 11.5. The normalized spacial score (nSPS) is 11.5. The third kappa shape index (κ3) is 5.07. The van der Waals surface area contributed by atoms with Crippen LogP contribution in [0.4, 0.5) is 17.2 Å². The van der Waals surface area contributed by atoms with Crippen LogP contribution in [0.1, 0.15) is 19.4 Å². The molecule has 0 aliphatic rings. The molecule has 3 aromatic rings. The van der Waals surface area contributed by atoms with Gasteiger partial charge in [0.1, 0.15) is 17.8 Å². The van der Waals surface area contributed by atoms with Crippen molar-refractivity contribution in [1.29, 1.82) is 0 Å². The summed E-state index contributed by atoms with van der Waals surface area (Å²) in [6.45, 7) is 6.30. The third-order valence-corrected chi connectivity index (χ3v) is 7.14. The van der Waals surface area contributed by atoms with Gasteiger partial charge in [0.2, 0.25) is 15.9 Å². The number of rotatable bonds is 8. The minimum Gasteiger partial charge on any atom is -0.437 e. The van der Waals surface area contributed by atoms with Crippen molar-refractivity contribution in [2.75, 3.05) is 24.1 Å². The molecule has 0 aliphatic heterocycles. The Hall–Kier alpha value is -2.88. The van der Waals surface area contributed by atoms with Crippen molar-refractivity contribution >= 4 is 38.8 Å². The van der Waals surface area contributed by atoms with Gasteiger partial charge in [0, 0.05) is 23.8 Å². The molecule has 0 unspecified atom stereocenters. The second-order valence-corrected chi connectivity index (χ2v) is 9.04. The molecule has 1 aromatic heterocycles. The van der Waals surface area contributed by atoms with Crippen LogP contribution in [0.25, 0.3) is 0 Å². The van der Waals surface area contributed by atoms with Gasteiger partial charge in [-0.1, -0.05) is 25.4 Å². The van der Waals surface area contributed by atoms with E-state index in [9.17, 15) is 8.42 Å². The molecule has 1 heterocycles. The summed E-state index contributed by atoms with van der Waals surface area (Å²) in [5.74, 6) is 1.08. The van der Waals surface area contributed by atoms with E-state index in [0.29, 0.717) is 35.4 Å². The summed E-state index contributed by atoms with van der Waals surface area (Å²) in [7, 11) is -3.52. The van der Waals surface area contributed by atoms with Gasteiger partial charge >= 0.3 is 0 Å². The lowest BCUT2D eigenvalue weighted by Crippen LogP contribution is -2.30. The lowest BCUT2D eigenvalue weighted by molar-refractivity contribution is 0.445. The first-order chi connectivity index (χ1) is 14.8. The van der Waals surface area contributed by atoms with E-state index in [1.54, 1.807) is 56.3 Å². The van der Waals surface area contributed by atoms with Crippen molar-refractivity contribution in [2.45, 2.75) is 25.7 Å². The summed E-state index contributed by atoms with van der Waals surface area (Å²) in [5.41, 5.74) is 7.89. The summed E-state index contributed by atoms with van der Waals surface area (Å²) >= 11 is 6.05. The van der Waals surface area contributed by atoms with Crippen LogP contribution in [0.5, 0.6) is 11.6 Å². The zero-order valence-electron chi connectivity index (χ0n) is 17.5. The number of anilines is 3. The van der Waals surface area contributed by atoms with Gasteiger partial charge in [-0.05, 0) is 55.0 Å². The number of benzene rings is 2. The number of nitrogens with two attached hydrogens (primary N) is 1. The summed E-state index contributed by atoms with van der Waals surface area (Å²) < 4.78 is 32.4. The Labute approximate surface area is 187 Å². The Bertz CT molecular complexity index is 1170. The second-order valence-electron chi connectivity index (χ2n) is 6.69. The van der Waals surface area contributed by atoms with Crippen LogP contribution < -0.4 is 15.8 Å². The molecule has 164 valence electrons. The van der Waals surface area contributed by atoms with Crippen molar-refractivity contribution in [3.8, 4) is 11.6 Å². The summed E-state index contributed by atoms with van der Waals surface area (Å²) in [6, 6.07) is 11.6. The molecule has 0 atom stereocenters. The number of aryl methyl sites for hydroxylation is 1. The minimum absolute atomic E-state index is 0.194. The summed E-state index contributed by atoms with van der Waals surface area (Å²) in [4.78, 5) is 8.48. The van der Waals surface area contributed by atoms with E-state index in [1.807, 2.05) is 6.92 Å². The Kier molecular flexibility index (Phi) is 6.99. The predicted octanol–water partition coefficient (Wildman–Crippen LogP) is 4.59. The highest BCUT2D eigenvalue weighted by molar-refractivity contribution is 7.89. The van der Waals surface area contributed by atoms with Crippen molar-refractivity contribution in [2.24, 2.45) is 0 Å². The number of sulfonamides is 1. The van der Waals surface area contributed by atoms with Crippen molar-refractivity contribution in [3.63, 3.8) is 0 Å². The molecule has 3 rings (SSSR count). The van der Waals surface area contributed by atoms with E-state index < -0.39 is 10.0 Å². The molecular weight excluding hydrogens is 438 g/mol. The van der Waals surface area contributed by atoms with Gasteiger partial charge in [0.15, 0.2) is 5.82 Å². The standard InChI is InChI=1S/C21H24ClN5O3S/c1-4-27(5-2)31(28,29)17-9-6-15(7-10-17)26-20-19(23)21(25-13-24-20)30-16-8-11-18(22)14(3)12-16/h6-13H,4-5,23H2,1-3H3,(H,24,25,26). The molecule has 8 nitrogen and oxygen atoms in total. The maximum Gasteiger partial charge on any atom is 0.248 e. The Morgan fingerprint density at radius 1 is 1.10 bits per heavy atom. The molecule has 31 heavy (non-hydrogen) atoms. The van der Waals surface area contributed by atoms with Crippen molar-refractivity contribution in [1.82, 2.24) is 14.3 Å². The number of nitrogens with one attached hydrogen (secondary N) is 1. The Morgan fingerprint density at radius 3 is 2.39 bits per heavy atom. The van der Waals surface area contributed by atoms with Gasteiger partial charge in [0.25, 0.3) is 0 Å². The van der Waals surface area contributed by atoms with Crippen LogP contribution in [0, 0.1) is 6.92 Å². The molecule has 10 heteroatoms. The molecular formula is C21H24ClN5O3S. The minimum atomic E-state index is -3.52. The molecule has 0 amide bonds. The van der Waals surface area contributed by atoms with Crippen LogP contribution in [0.15, 0.2) is 53.7 Å². The maximum atomic E-state index is 12.6. The highest BCUT2D eigenvalue weighted by Crippen LogP contribution is 2.32. The largest absolute Gasteiger partial charge is 0.437 e. The van der Waals surface area contributed by atoms with E-state index in [4.69, 9.17) is 22.1 Å². The predicted molar refractivity (Wildman–Crippen MR) is 123 cm³/mol. The molecule has 2 aromatic carbocycles. The van der Waals surface area contributed by atoms with Gasteiger partial charge in [-0.3, -0.25) is 0 Å². The zero-order chi connectivity index (χ0) is 22.6. The van der Waals surface area contributed by atoms with Crippen LogP contribution in [0.3, 0.4) is 0 Å². The number of nitrogens with zero attached hydrogens (tertiary/aromatic N) is 3. The smallest absolute Gasteiger partial charge is 0.248 e. The van der Waals surface area contributed by atoms with Crippen LogP contribution in [-0.2, 0) is 10.0 Å². The lowest BCUT2D eigenvalue weighted by Gasteiger charge is -2.18. The van der Waals surface area contributed by atoms with Crippen LogP contribution >= 0.6 is 11.6 Å². The van der Waals surface area contributed by atoms with Gasteiger partial charge in [-0.2, -0.15) is 9.29 Å². The number of hydrogen-bond acceptors (Lipinski definition) is 7. The summed E-state index contributed by atoms with van der Waals surface area (Å²) in [6.07, 6.45) is 1.33. The van der Waals surface area contributed by atoms with E-state index >= 15 is 0 Å². The molecule has 3 N–H and O–H groups in total. The maximum absolute atomic E-state index is 12.6. The van der Waals surface area contributed by atoms with Crippen LogP contribution in [-0.4, -0.2) is 35.8 Å². The lowest BCUT2D eigenvalue weighted by atomic mass is 10.2. The zero-order valence-corrected chi connectivity index (χ0v) is 19.0.